The molecule has 0 aromatic rings. The van der Waals surface area contributed by atoms with Gasteiger partial charge in [0.1, 0.15) is 0 Å². The lowest BCUT2D eigenvalue weighted by atomic mass is 10.5. The summed E-state index contributed by atoms with van der Waals surface area (Å²) in [5, 5.41) is 0. The van der Waals surface area contributed by atoms with Gasteiger partial charge in [0.15, 0.2) is 0 Å². The molecular formula is C3H7N2+. The Hall–Kier alpha value is -0.620. The van der Waals surface area contributed by atoms with Crippen LogP contribution in [0.5, 0.6) is 0 Å². The average Bonchev–Trinajstić information content (AvgIpc) is 1.38. The number of nitrogens with one attached hydrogen (secondary N) is 1. The largest absolute Gasteiger partial charge is 0.312 e. The Morgan fingerprint density at radius 2 is 1.80 bits per heavy atom. The van der Waals surface area contributed by atoms with Gasteiger partial charge in [-0.25, -0.2) is 0 Å². The Morgan fingerprint density at radius 3 is 1.80 bits per heavy atom. The van der Waals surface area contributed by atoms with Crippen molar-refractivity contribution in [2.75, 3.05) is 0 Å². The Balaban J connectivity index is 3.60. The van der Waals surface area contributed by atoms with Crippen LogP contribution >= 0.6 is 0 Å². The van der Waals surface area contributed by atoms with Crippen LogP contribution in [0.15, 0.2) is 0 Å². The molecule has 0 amide bonds. The van der Waals surface area contributed by atoms with E-state index in [1.807, 2.05) is 0 Å². The molecule has 0 saturated carbocycles. The van der Waals surface area contributed by atoms with Crippen LogP contribution in [0.1, 0.15) is 13.8 Å². The van der Waals surface area contributed by atoms with Gasteiger partial charge in [-0.2, -0.15) is 0 Å². The summed E-state index contributed by atoms with van der Waals surface area (Å²) in [7, 11) is 0. The highest BCUT2D eigenvalue weighted by molar-refractivity contribution is 5.72. The van der Waals surface area contributed by atoms with Crippen molar-refractivity contribution >= 4 is 5.71 Å². The van der Waals surface area contributed by atoms with Crippen molar-refractivity contribution in [3.8, 4) is 0 Å². The van der Waals surface area contributed by atoms with E-state index in [2.05, 4.69) is 4.79 Å². The predicted molar refractivity (Wildman–Crippen MR) is 19.3 cm³/mol. The molecule has 28 valence electrons. The topological polar surface area (TPSA) is 38.0 Å². The molecule has 0 rings (SSSR count). The van der Waals surface area contributed by atoms with Crippen LogP contribution in [0.2, 0.25) is 0 Å². The minimum Gasteiger partial charge on any atom is 0.0375 e. The van der Waals surface area contributed by atoms with Crippen molar-refractivity contribution in [2.45, 2.75) is 13.8 Å². The Bertz CT molecular complexity index is 65.0. The van der Waals surface area contributed by atoms with E-state index < -0.39 is 0 Å². The molecule has 0 aromatic heterocycles. The SMILES string of the molecule is CC(C)=[N+]=N. The first kappa shape index (κ1) is 4.38. The van der Waals surface area contributed by atoms with E-state index in [0.717, 1.165) is 5.71 Å². The lowest BCUT2D eigenvalue weighted by Gasteiger charge is -1.45. The maximum Gasteiger partial charge on any atom is 0.312 e. The molecule has 0 aliphatic rings. The fraction of sp³-hybridized carbons (Fsp3) is 0.667. The standard InChI is InChI=1S/C3H7N2/c1-3(2)5-4/h4H,1-2H3/q+1. The number of hydrogen-bond acceptors (Lipinski definition) is 1. The molecule has 0 unspecified atom stereocenters. The Labute approximate surface area is 31.1 Å². The van der Waals surface area contributed by atoms with Gasteiger partial charge in [-0.1, -0.05) is 0 Å². The number of hydrogen-bond donors (Lipinski definition) is 1. The third-order valence-corrected chi connectivity index (χ3v) is 0.224. The normalized spacial score (nSPS) is 6.00. The summed E-state index contributed by atoms with van der Waals surface area (Å²) in [6.07, 6.45) is 0. The van der Waals surface area contributed by atoms with Gasteiger partial charge >= 0.3 is 5.71 Å². The lowest BCUT2D eigenvalue weighted by molar-refractivity contribution is -0.120. The number of rotatable bonds is 0. The highest BCUT2D eigenvalue weighted by Gasteiger charge is 1.79. The van der Waals surface area contributed by atoms with E-state index in [0.29, 0.717) is 0 Å². The van der Waals surface area contributed by atoms with Crippen LogP contribution in [0.3, 0.4) is 0 Å². The van der Waals surface area contributed by atoms with Crippen molar-refractivity contribution in [1.29, 1.82) is 5.53 Å². The van der Waals surface area contributed by atoms with E-state index in [9.17, 15) is 0 Å². The molecule has 0 fully saturated rings. The fourth-order valence-electron chi connectivity index (χ4n) is 0. The minimum atomic E-state index is 0.796. The molecule has 0 aliphatic carbocycles. The smallest absolute Gasteiger partial charge is 0.0375 e. The van der Waals surface area contributed by atoms with Gasteiger partial charge in [-0.15, -0.1) is 0 Å². The highest BCUT2D eigenvalue weighted by Crippen LogP contribution is 1.52. The maximum absolute atomic E-state index is 6.25. The third kappa shape index (κ3) is 3.38. The van der Waals surface area contributed by atoms with Crippen LogP contribution < -0.4 is 0 Å². The van der Waals surface area contributed by atoms with Crippen LogP contribution in [-0.2, 0) is 0 Å². The summed E-state index contributed by atoms with van der Waals surface area (Å²) in [6.45, 7) is 3.57. The second-order valence-corrected chi connectivity index (χ2v) is 1.06. The molecule has 5 heavy (non-hydrogen) atoms. The Morgan fingerprint density at radius 1 is 1.60 bits per heavy atom. The molecule has 0 spiro atoms. The molecule has 0 atom stereocenters. The van der Waals surface area contributed by atoms with E-state index in [-0.39, 0.29) is 0 Å². The van der Waals surface area contributed by atoms with Crippen molar-refractivity contribution in [1.82, 2.24) is 0 Å². The zero-order valence-electron chi connectivity index (χ0n) is 3.45. The van der Waals surface area contributed by atoms with Crippen molar-refractivity contribution in [3.63, 3.8) is 0 Å². The fourth-order valence-corrected chi connectivity index (χ4v) is 0. The van der Waals surface area contributed by atoms with Gasteiger partial charge in [-0.3, -0.25) is 0 Å². The molecule has 0 bridgehead atoms. The first-order valence-corrected chi connectivity index (χ1v) is 1.45. The minimum absolute atomic E-state index is 0.796. The first-order chi connectivity index (χ1) is 2.27. The van der Waals surface area contributed by atoms with E-state index in [4.69, 9.17) is 5.53 Å². The molecule has 0 aliphatic heterocycles. The summed E-state index contributed by atoms with van der Waals surface area (Å²) in [5.41, 5.74) is 7.04. The monoisotopic (exact) mass is 71.1 g/mol. The molecule has 1 N–H and O–H groups in total. The molecule has 2 nitrogen and oxygen atoms in total. The van der Waals surface area contributed by atoms with Crippen LogP contribution in [-0.4, -0.2) is 10.5 Å². The molecule has 0 aromatic carbocycles. The van der Waals surface area contributed by atoms with Crippen LogP contribution in [0, 0.1) is 5.53 Å². The molecule has 0 radical (unpaired) electrons. The van der Waals surface area contributed by atoms with E-state index in [1.54, 1.807) is 13.8 Å². The predicted octanol–water partition coefficient (Wildman–Crippen LogP) is 0.706. The van der Waals surface area contributed by atoms with Gasteiger partial charge in [0.25, 0.3) is 0 Å². The maximum atomic E-state index is 6.25. The van der Waals surface area contributed by atoms with Gasteiger partial charge in [0.05, 0.1) is 5.53 Å². The summed E-state index contributed by atoms with van der Waals surface area (Å²) in [4.78, 5) is 3.06. The van der Waals surface area contributed by atoms with Crippen molar-refractivity contribution < 1.29 is 4.79 Å². The Kier molecular flexibility index (Phi) is 1.47. The quantitative estimate of drug-likeness (QED) is 0.248. The van der Waals surface area contributed by atoms with Crippen molar-refractivity contribution in [2.24, 2.45) is 0 Å². The highest BCUT2D eigenvalue weighted by atomic mass is 14.8. The molecule has 0 saturated heterocycles. The van der Waals surface area contributed by atoms with Gasteiger partial charge in [-0.05, 0) is 0 Å². The van der Waals surface area contributed by atoms with Crippen LogP contribution in [0.4, 0.5) is 0 Å². The van der Waals surface area contributed by atoms with E-state index >= 15 is 0 Å². The average molecular weight is 71.1 g/mol. The second kappa shape index (κ2) is 1.68. The number of nitrogens with zero attached hydrogens (tertiary/aromatic N) is 1. The summed E-state index contributed by atoms with van der Waals surface area (Å²) < 4.78 is 0. The van der Waals surface area contributed by atoms with Crippen LogP contribution in [0.25, 0.3) is 0 Å². The second-order valence-electron chi connectivity index (χ2n) is 1.06. The van der Waals surface area contributed by atoms with Gasteiger partial charge in [0.2, 0.25) is 0 Å². The third-order valence-electron chi connectivity index (χ3n) is 0.224. The molecular weight excluding hydrogens is 64.0 g/mol. The van der Waals surface area contributed by atoms with E-state index in [1.165, 1.54) is 0 Å². The summed E-state index contributed by atoms with van der Waals surface area (Å²) >= 11 is 0. The summed E-state index contributed by atoms with van der Waals surface area (Å²) in [6, 6.07) is 0. The lowest BCUT2D eigenvalue weighted by Crippen LogP contribution is -1.76. The first-order valence-electron chi connectivity index (χ1n) is 1.45. The van der Waals surface area contributed by atoms with Gasteiger partial charge < -0.3 is 0 Å². The van der Waals surface area contributed by atoms with Gasteiger partial charge in [0, 0.05) is 18.6 Å². The van der Waals surface area contributed by atoms with Crippen molar-refractivity contribution in [3.05, 3.63) is 0 Å². The zero-order valence-corrected chi connectivity index (χ0v) is 3.45. The molecule has 2 heteroatoms. The molecule has 0 heterocycles. The summed E-state index contributed by atoms with van der Waals surface area (Å²) in [5.74, 6) is 0. The zero-order chi connectivity index (χ0) is 4.28.